The van der Waals surface area contributed by atoms with Crippen LogP contribution < -0.4 is 13.2 Å². The summed E-state index contributed by atoms with van der Waals surface area (Å²) in [6, 6.07) is 19.0. The fourth-order valence-electron chi connectivity index (χ4n) is 1.82. The molecule has 0 aromatic heterocycles. The van der Waals surface area contributed by atoms with Gasteiger partial charge < -0.3 is 0 Å². The average Bonchev–Trinajstić information content (AvgIpc) is 2.48. The Labute approximate surface area is 131 Å². The van der Waals surface area contributed by atoms with E-state index in [0.717, 1.165) is 12.2 Å². The van der Waals surface area contributed by atoms with Crippen molar-refractivity contribution in [1.29, 1.82) is 0 Å². The van der Waals surface area contributed by atoms with E-state index in [1.165, 1.54) is 9.30 Å². The quantitative estimate of drug-likeness (QED) is 0.712. The third-order valence-corrected chi connectivity index (χ3v) is 6.49. The summed E-state index contributed by atoms with van der Waals surface area (Å²) >= 11 is -0.335. The van der Waals surface area contributed by atoms with E-state index < -0.39 is 0 Å². The van der Waals surface area contributed by atoms with Gasteiger partial charge in [-0.3, -0.25) is 0 Å². The van der Waals surface area contributed by atoms with Crippen molar-refractivity contribution < 1.29 is 4.74 Å². The Morgan fingerprint density at radius 1 is 1.00 bits per heavy atom. The van der Waals surface area contributed by atoms with E-state index in [1.807, 2.05) is 30.3 Å². The Morgan fingerprint density at radius 2 is 1.65 bits per heavy atom. The topological polar surface area (TPSA) is 12.5 Å². The first-order chi connectivity index (χ1) is 9.69. The Bertz CT molecular complexity index is 510. The van der Waals surface area contributed by atoms with Crippen LogP contribution in [-0.4, -0.2) is 39.2 Å². The van der Waals surface area contributed by atoms with Gasteiger partial charge in [0.05, 0.1) is 0 Å². The van der Waals surface area contributed by atoms with Crippen LogP contribution in [0.1, 0.15) is 13.3 Å². The summed E-state index contributed by atoms with van der Waals surface area (Å²) in [5.74, 6) is 0.981. The SMILES string of the molecule is CCC(Oc1ccccc1)[Te]c1ccc(N(C)C)cc1. The Kier molecular flexibility index (Phi) is 5.76. The predicted molar refractivity (Wildman–Crippen MR) is 87.3 cm³/mol. The van der Waals surface area contributed by atoms with E-state index in [4.69, 9.17) is 4.74 Å². The minimum atomic E-state index is -0.335. The van der Waals surface area contributed by atoms with Crippen molar-refractivity contribution in [3.05, 3.63) is 54.6 Å². The molecule has 0 aliphatic rings. The summed E-state index contributed by atoms with van der Waals surface area (Å²) in [4.78, 5) is 2.13. The van der Waals surface area contributed by atoms with Crippen molar-refractivity contribution in [2.24, 2.45) is 0 Å². The summed E-state index contributed by atoms with van der Waals surface area (Å²) in [6.45, 7) is 2.20. The Hall–Kier alpha value is -1.17. The van der Waals surface area contributed by atoms with Crippen molar-refractivity contribution in [1.82, 2.24) is 0 Å². The van der Waals surface area contributed by atoms with Gasteiger partial charge in [-0.1, -0.05) is 0 Å². The van der Waals surface area contributed by atoms with Crippen LogP contribution in [0.25, 0.3) is 0 Å². The molecular weight excluding hydrogens is 362 g/mol. The molecule has 2 nitrogen and oxygen atoms in total. The molecule has 1 unspecified atom stereocenters. The van der Waals surface area contributed by atoms with E-state index in [9.17, 15) is 0 Å². The third kappa shape index (κ3) is 4.44. The zero-order valence-electron chi connectivity index (χ0n) is 12.2. The van der Waals surface area contributed by atoms with E-state index in [2.05, 4.69) is 50.2 Å². The van der Waals surface area contributed by atoms with Crippen LogP contribution in [0, 0.1) is 0 Å². The molecule has 3 heteroatoms. The van der Waals surface area contributed by atoms with Crippen LogP contribution in [0.4, 0.5) is 5.69 Å². The second-order valence-electron chi connectivity index (χ2n) is 4.77. The Morgan fingerprint density at radius 3 is 2.20 bits per heavy atom. The molecule has 0 radical (unpaired) electrons. The van der Waals surface area contributed by atoms with E-state index in [0.29, 0.717) is 4.15 Å². The van der Waals surface area contributed by atoms with Crippen LogP contribution in [-0.2, 0) is 0 Å². The van der Waals surface area contributed by atoms with Crippen molar-refractivity contribution in [2.75, 3.05) is 19.0 Å². The van der Waals surface area contributed by atoms with E-state index in [1.54, 1.807) is 0 Å². The second-order valence-corrected chi connectivity index (χ2v) is 8.29. The molecule has 0 amide bonds. The summed E-state index contributed by atoms with van der Waals surface area (Å²) in [5.41, 5.74) is 1.25. The molecule has 0 heterocycles. The number of ether oxygens (including phenoxy) is 1. The predicted octanol–water partition coefficient (Wildman–Crippen LogP) is 2.90. The molecule has 1 atom stereocenters. The number of anilines is 1. The fourth-order valence-corrected chi connectivity index (χ4v) is 4.45. The fraction of sp³-hybridized carbons (Fsp3) is 0.294. The molecule has 106 valence electrons. The number of hydrogen-bond donors (Lipinski definition) is 0. The normalized spacial score (nSPS) is 11.9. The Balaban J connectivity index is 1.99. The van der Waals surface area contributed by atoms with Crippen LogP contribution in [0.15, 0.2) is 54.6 Å². The molecular formula is C17H21NOTe. The van der Waals surface area contributed by atoms with Crippen LogP contribution in [0.5, 0.6) is 5.75 Å². The number of rotatable bonds is 6. The maximum atomic E-state index is 6.09. The van der Waals surface area contributed by atoms with Gasteiger partial charge in [0.25, 0.3) is 0 Å². The molecule has 0 bridgehead atoms. The molecule has 20 heavy (non-hydrogen) atoms. The van der Waals surface area contributed by atoms with Crippen molar-refractivity contribution >= 4 is 30.2 Å². The van der Waals surface area contributed by atoms with Crippen LogP contribution in [0.3, 0.4) is 0 Å². The number of para-hydroxylation sites is 1. The first-order valence-electron chi connectivity index (χ1n) is 6.85. The maximum absolute atomic E-state index is 6.09. The molecule has 0 spiro atoms. The van der Waals surface area contributed by atoms with Crippen molar-refractivity contribution in [2.45, 2.75) is 17.5 Å². The first kappa shape index (κ1) is 15.2. The van der Waals surface area contributed by atoms with Gasteiger partial charge in [-0.25, -0.2) is 0 Å². The number of benzene rings is 2. The standard InChI is InChI=1S/C17H21NOTe/c1-4-17(19-15-8-6-5-7-9-15)20-16-12-10-14(11-13-16)18(2)3/h5-13,17H,4H2,1-3H3. The van der Waals surface area contributed by atoms with Crippen LogP contribution in [0.2, 0.25) is 0 Å². The molecule has 0 N–H and O–H groups in total. The zero-order valence-corrected chi connectivity index (χ0v) is 14.6. The molecule has 2 aromatic rings. The number of nitrogens with zero attached hydrogens (tertiary/aromatic N) is 1. The van der Waals surface area contributed by atoms with Crippen molar-refractivity contribution in [3.63, 3.8) is 0 Å². The van der Waals surface area contributed by atoms with E-state index in [-0.39, 0.29) is 20.9 Å². The van der Waals surface area contributed by atoms with Crippen LogP contribution >= 0.6 is 0 Å². The number of hydrogen-bond acceptors (Lipinski definition) is 2. The zero-order chi connectivity index (χ0) is 14.4. The van der Waals surface area contributed by atoms with Gasteiger partial charge in [-0.2, -0.15) is 0 Å². The summed E-state index contributed by atoms with van der Waals surface area (Å²) in [7, 11) is 4.14. The molecule has 0 fully saturated rings. The van der Waals surface area contributed by atoms with Crippen molar-refractivity contribution in [3.8, 4) is 5.75 Å². The van der Waals surface area contributed by atoms with Gasteiger partial charge in [0.1, 0.15) is 0 Å². The molecule has 2 rings (SSSR count). The third-order valence-electron chi connectivity index (χ3n) is 2.96. The average molecular weight is 383 g/mol. The molecule has 2 aromatic carbocycles. The summed E-state index contributed by atoms with van der Waals surface area (Å²) < 4.78 is 7.90. The molecule has 0 aliphatic heterocycles. The van der Waals surface area contributed by atoms with Gasteiger partial charge in [0.2, 0.25) is 0 Å². The summed E-state index contributed by atoms with van der Waals surface area (Å²) in [5, 5.41) is 0. The van der Waals surface area contributed by atoms with Gasteiger partial charge in [0.15, 0.2) is 0 Å². The second kappa shape index (κ2) is 7.57. The first-order valence-corrected chi connectivity index (χ1v) is 9.36. The van der Waals surface area contributed by atoms with Gasteiger partial charge >= 0.3 is 132 Å². The minimum absolute atomic E-state index is 0.335. The van der Waals surface area contributed by atoms with Gasteiger partial charge in [-0.15, -0.1) is 0 Å². The summed E-state index contributed by atoms with van der Waals surface area (Å²) in [6.07, 6.45) is 1.06. The molecule has 0 aliphatic carbocycles. The monoisotopic (exact) mass is 385 g/mol. The van der Waals surface area contributed by atoms with E-state index >= 15 is 0 Å². The van der Waals surface area contributed by atoms with Gasteiger partial charge in [-0.05, 0) is 0 Å². The van der Waals surface area contributed by atoms with Gasteiger partial charge in [0, 0.05) is 0 Å². The molecule has 0 saturated heterocycles. The molecule has 0 saturated carbocycles.